The predicted molar refractivity (Wildman–Crippen MR) is 68.6 cm³/mol. The monoisotopic (exact) mass is 262 g/mol. The molecule has 0 spiro atoms. The first kappa shape index (κ1) is 13.0. The van der Waals surface area contributed by atoms with Crippen LogP contribution in [-0.2, 0) is 0 Å². The molecule has 0 saturated carbocycles. The molecule has 0 amide bonds. The second kappa shape index (κ2) is 5.06. The van der Waals surface area contributed by atoms with Crippen LogP contribution in [0.3, 0.4) is 0 Å². The molecule has 0 aliphatic rings. The molecule has 3 nitrogen and oxygen atoms in total. The zero-order valence-electron chi connectivity index (χ0n) is 10.2. The smallest absolute Gasteiger partial charge is 0.201 e. The van der Waals surface area contributed by atoms with Crippen molar-refractivity contribution >= 4 is 5.84 Å². The van der Waals surface area contributed by atoms with Crippen molar-refractivity contribution in [3.05, 3.63) is 59.2 Å². The van der Waals surface area contributed by atoms with Gasteiger partial charge in [-0.05, 0) is 31.2 Å². The molecule has 0 bridgehead atoms. The van der Waals surface area contributed by atoms with Crippen molar-refractivity contribution < 1.29 is 13.5 Å². The molecule has 0 aromatic heterocycles. The SMILES string of the molecule is Cc1ccc(Oc2cccc(F)c2F)c(C(=N)N)c1. The lowest BCUT2D eigenvalue weighted by Gasteiger charge is -2.11. The summed E-state index contributed by atoms with van der Waals surface area (Å²) in [5.74, 6) is -2.30. The highest BCUT2D eigenvalue weighted by atomic mass is 19.2. The van der Waals surface area contributed by atoms with Gasteiger partial charge < -0.3 is 10.5 Å². The zero-order chi connectivity index (χ0) is 14.0. The van der Waals surface area contributed by atoms with Crippen molar-refractivity contribution in [1.82, 2.24) is 0 Å². The number of halogens is 2. The maximum Gasteiger partial charge on any atom is 0.201 e. The van der Waals surface area contributed by atoms with Crippen molar-refractivity contribution in [3.8, 4) is 11.5 Å². The fraction of sp³-hybridized carbons (Fsp3) is 0.0714. The van der Waals surface area contributed by atoms with E-state index in [1.807, 2.05) is 6.92 Å². The van der Waals surface area contributed by atoms with Crippen molar-refractivity contribution in [2.45, 2.75) is 6.92 Å². The van der Waals surface area contributed by atoms with Crippen LogP contribution in [0.25, 0.3) is 0 Å². The summed E-state index contributed by atoms with van der Waals surface area (Å²) >= 11 is 0. The van der Waals surface area contributed by atoms with Gasteiger partial charge in [0.15, 0.2) is 11.6 Å². The van der Waals surface area contributed by atoms with E-state index in [2.05, 4.69) is 0 Å². The van der Waals surface area contributed by atoms with E-state index in [4.69, 9.17) is 15.9 Å². The van der Waals surface area contributed by atoms with Crippen LogP contribution in [-0.4, -0.2) is 5.84 Å². The topological polar surface area (TPSA) is 59.1 Å². The van der Waals surface area contributed by atoms with Crippen LogP contribution in [0.2, 0.25) is 0 Å². The molecule has 0 saturated heterocycles. The molecule has 2 aromatic rings. The van der Waals surface area contributed by atoms with Crippen LogP contribution in [0.15, 0.2) is 36.4 Å². The average molecular weight is 262 g/mol. The molecule has 3 N–H and O–H groups in total. The predicted octanol–water partition coefficient (Wildman–Crippen LogP) is 3.35. The molecule has 5 heteroatoms. The van der Waals surface area contributed by atoms with Gasteiger partial charge in [0.1, 0.15) is 11.6 Å². The Morgan fingerprint density at radius 1 is 1.16 bits per heavy atom. The number of aryl methyl sites for hydroxylation is 1. The first-order valence-corrected chi connectivity index (χ1v) is 5.56. The van der Waals surface area contributed by atoms with Crippen molar-refractivity contribution in [2.24, 2.45) is 5.73 Å². The third-order valence-electron chi connectivity index (χ3n) is 2.56. The van der Waals surface area contributed by atoms with Gasteiger partial charge in [0.05, 0.1) is 5.56 Å². The minimum Gasteiger partial charge on any atom is -0.453 e. The fourth-order valence-electron chi connectivity index (χ4n) is 1.62. The Morgan fingerprint density at radius 3 is 2.58 bits per heavy atom. The lowest BCUT2D eigenvalue weighted by Crippen LogP contribution is -2.12. The molecule has 19 heavy (non-hydrogen) atoms. The Labute approximate surface area is 109 Å². The van der Waals surface area contributed by atoms with Gasteiger partial charge in [-0.25, -0.2) is 4.39 Å². The van der Waals surface area contributed by atoms with Crippen molar-refractivity contribution in [3.63, 3.8) is 0 Å². The summed E-state index contributed by atoms with van der Waals surface area (Å²) in [5.41, 5.74) is 6.66. The number of amidine groups is 1. The van der Waals surface area contributed by atoms with Crippen LogP contribution >= 0.6 is 0 Å². The summed E-state index contributed by atoms with van der Waals surface area (Å²) in [7, 11) is 0. The Balaban J connectivity index is 2.44. The summed E-state index contributed by atoms with van der Waals surface area (Å²) < 4.78 is 31.9. The Kier molecular flexibility index (Phi) is 3.46. The van der Waals surface area contributed by atoms with Crippen LogP contribution < -0.4 is 10.5 Å². The molecular formula is C14H12F2N2O. The second-order valence-corrected chi connectivity index (χ2v) is 4.07. The summed E-state index contributed by atoms with van der Waals surface area (Å²) in [6.45, 7) is 1.83. The fourth-order valence-corrected chi connectivity index (χ4v) is 1.62. The second-order valence-electron chi connectivity index (χ2n) is 4.07. The number of nitrogens with one attached hydrogen (secondary N) is 1. The van der Waals surface area contributed by atoms with Gasteiger partial charge in [-0.15, -0.1) is 0 Å². The molecule has 0 radical (unpaired) electrons. The first-order chi connectivity index (χ1) is 8.99. The number of benzene rings is 2. The van der Waals surface area contributed by atoms with Gasteiger partial charge in [0.2, 0.25) is 5.82 Å². The molecule has 0 heterocycles. The minimum atomic E-state index is -1.07. The van der Waals surface area contributed by atoms with E-state index in [-0.39, 0.29) is 17.3 Å². The lowest BCUT2D eigenvalue weighted by atomic mass is 10.1. The molecule has 2 rings (SSSR count). The van der Waals surface area contributed by atoms with Crippen molar-refractivity contribution in [2.75, 3.05) is 0 Å². The summed E-state index contributed by atoms with van der Waals surface area (Å²) in [4.78, 5) is 0. The summed E-state index contributed by atoms with van der Waals surface area (Å²) in [5, 5.41) is 7.46. The third kappa shape index (κ3) is 2.70. The highest BCUT2D eigenvalue weighted by Crippen LogP contribution is 2.28. The highest BCUT2D eigenvalue weighted by Gasteiger charge is 2.13. The molecule has 0 aliphatic heterocycles. The lowest BCUT2D eigenvalue weighted by molar-refractivity contribution is 0.415. The van der Waals surface area contributed by atoms with Gasteiger partial charge in [-0.2, -0.15) is 4.39 Å². The van der Waals surface area contributed by atoms with E-state index in [0.717, 1.165) is 11.6 Å². The summed E-state index contributed by atoms with van der Waals surface area (Å²) in [6.07, 6.45) is 0. The van der Waals surface area contributed by atoms with E-state index in [1.54, 1.807) is 18.2 Å². The normalized spacial score (nSPS) is 10.3. The standard InChI is InChI=1S/C14H12F2N2O/c1-8-5-6-11(9(7-8)14(17)18)19-12-4-2-3-10(15)13(12)16/h2-7H,1H3,(H3,17,18). The number of hydrogen-bond donors (Lipinski definition) is 2. The van der Waals surface area contributed by atoms with Gasteiger partial charge >= 0.3 is 0 Å². The minimum absolute atomic E-state index is 0.199. The molecule has 0 atom stereocenters. The number of nitrogen functional groups attached to an aromatic ring is 1. The van der Waals surface area contributed by atoms with E-state index < -0.39 is 11.6 Å². The van der Waals surface area contributed by atoms with E-state index >= 15 is 0 Å². The maximum absolute atomic E-state index is 13.5. The quantitative estimate of drug-likeness (QED) is 0.658. The van der Waals surface area contributed by atoms with Crippen LogP contribution in [0.5, 0.6) is 11.5 Å². The number of rotatable bonds is 3. The van der Waals surface area contributed by atoms with Crippen LogP contribution in [0, 0.1) is 24.0 Å². The molecule has 0 unspecified atom stereocenters. The molecule has 98 valence electrons. The van der Waals surface area contributed by atoms with Crippen LogP contribution in [0.4, 0.5) is 8.78 Å². The molecule has 0 aliphatic carbocycles. The van der Waals surface area contributed by atoms with Gasteiger partial charge in [0.25, 0.3) is 0 Å². The largest absolute Gasteiger partial charge is 0.453 e. The first-order valence-electron chi connectivity index (χ1n) is 5.56. The summed E-state index contributed by atoms with van der Waals surface area (Å²) in [6, 6.07) is 8.60. The number of nitrogens with two attached hydrogens (primary N) is 1. The Bertz CT molecular complexity index is 641. The van der Waals surface area contributed by atoms with Crippen molar-refractivity contribution in [1.29, 1.82) is 5.41 Å². The van der Waals surface area contributed by atoms with Gasteiger partial charge in [-0.1, -0.05) is 17.7 Å². The Morgan fingerprint density at radius 2 is 1.89 bits per heavy atom. The average Bonchev–Trinajstić information content (AvgIpc) is 2.36. The van der Waals surface area contributed by atoms with E-state index in [0.29, 0.717) is 5.56 Å². The molecule has 2 aromatic carbocycles. The zero-order valence-corrected chi connectivity index (χ0v) is 10.2. The highest BCUT2D eigenvalue weighted by molar-refractivity contribution is 5.97. The number of ether oxygens (including phenoxy) is 1. The Hall–Kier alpha value is -2.43. The maximum atomic E-state index is 13.5. The van der Waals surface area contributed by atoms with Gasteiger partial charge in [-0.3, -0.25) is 5.41 Å². The molecule has 0 fully saturated rings. The van der Waals surface area contributed by atoms with E-state index in [9.17, 15) is 8.78 Å². The molecular weight excluding hydrogens is 250 g/mol. The number of hydrogen-bond acceptors (Lipinski definition) is 2. The van der Waals surface area contributed by atoms with Crippen LogP contribution in [0.1, 0.15) is 11.1 Å². The third-order valence-corrected chi connectivity index (χ3v) is 2.56. The van der Waals surface area contributed by atoms with E-state index in [1.165, 1.54) is 12.1 Å². The van der Waals surface area contributed by atoms with Gasteiger partial charge in [0, 0.05) is 0 Å².